The van der Waals surface area contributed by atoms with Gasteiger partial charge in [0.2, 0.25) is 0 Å². The lowest BCUT2D eigenvalue weighted by atomic mass is 9.75. The van der Waals surface area contributed by atoms with Crippen molar-refractivity contribution in [2.24, 2.45) is 11.3 Å². The molecule has 0 aromatic rings. The highest BCUT2D eigenvalue weighted by molar-refractivity contribution is 7.86. The summed E-state index contributed by atoms with van der Waals surface area (Å²) in [7, 11) is -5.76. The lowest BCUT2D eigenvalue weighted by Crippen LogP contribution is -2.62. The molecule has 0 aromatic heterocycles. The maximum absolute atomic E-state index is 13.1. The van der Waals surface area contributed by atoms with Crippen molar-refractivity contribution < 1.29 is 67.5 Å². The predicted octanol–water partition coefficient (Wildman–Crippen LogP) is 3.47. The zero-order valence-corrected chi connectivity index (χ0v) is 17.6. The zero-order valence-electron chi connectivity index (χ0n) is 16.8. The van der Waals surface area contributed by atoms with Gasteiger partial charge in [0.25, 0.3) is 5.60 Å². The number of aliphatic hydroxyl groups is 1. The van der Waals surface area contributed by atoms with Crippen LogP contribution in [0.25, 0.3) is 0 Å². The van der Waals surface area contributed by atoms with Crippen LogP contribution in [-0.4, -0.2) is 66.6 Å². The van der Waals surface area contributed by atoms with Crippen LogP contribution in [0.1, 0.15) is 39.5 Å². The van der Waals surface area contributed by atoms with E-state index in [2.05, 4.69) is 4.74 Å². The van der Waals surface area contributed by atoms with Gasteiger partial charge in [-0.3, -0.25) is 9.35 Å². The Hall–Kier alpha value is -1.26. The Kier molecular flexibility index (Phi) is 8.25. The molecule has 0 heterocycles. The van der Waals surface area contributed by atoms with Crippen molar-refractivity contribution in [1.29, 1.82) is 0 Å². The van der Waals surface area contributed by atoms with Crippen molar-refractivity contribution >= 4 is 16.1 Å². The van der Waals surface area contributed by atoms with Crippen molar-refractivity contribution in [1.82, 2.24) is 0 Å². The monoisotopic (exact) mass is 510 g/mol. The molecule has 0 amide bonds. The van der Waals surface area contributed by atoms with Gasteiger partial charge in [0.05, 0.1) is 12.0 Å². The number of carbonyl (C=O) groups excluding carboxylic acids is 1. The molecule has 0 unspecified atom stereocenters. The normalized spacial score (nSPS) is 22.0. The number of ether oxygens (including phenoxy) is 2. The molecule has 7 nitrogen and oxygen atoms in total. The quantitative estimate of drug-likeness (QED) is 0.292. The van der Waals surface area contributed by atoms with E-state index in [4.69, 9.17) is 9.29 Å². The van der Waals surface area contributed by atoms with Crippen LogP contribution in [0.3, 0.4) is 0 Å². The van der Waals surface area contributed by atoms with Gasteiger partial charge in [-0.2, -0.15) is 43.5 Å². The Labute approximate surface area is 177 Å². The van der Waals surface area contributed by atoms with E-state index in [1.807, 2.05) is 0 Å². The third-order valence-corrected chi connectivity index (χ3v) is 5.94. The third-order valence-electron chi connectivity index (χ3n) is 5.07. The molecule has 0 spiro atoms. The summed E-state index contributed by atoms with van der Waals surface area (Å²) in [5.74, 6) is -3.30. The van der Waals surface area contributed by atoms with Crippen LogP contribution in [-0.2, 0) is 24.4 Å². The van der Waals surface area contributed by atoms with Crippen LogP contribution >= 0.6 is 0 Å². The van der Waals surface area contributed by atoms with Crippen LogP contribution in [0.5, 0.6) is 0 Å². The molecule has 0 bridgehead atoms. The van der Waals surface area contributed by atoms with Crippen molar-refractivity contribution in [3.63, 3.8) is 0 Å². The van der Waals surface area contributed by atoms with Crippen molar-refractivity contribution in [3.8, 4) is 0 Å². The van der Waals surface area contributed by atoms with E-state index in [1.165, 1.54) is 0 Å². The number of hydrogen-bond acceptors (Lipinski definition) is 6. The summed E-state index contributed by atoms with van der Waals surface area (Å²) in [6, 6.07) is 0. The fraction of sp³-hybridized carbons (Fsp3) is 0.938. The van der Waals surface area contributed by atoms with E-state index in [-0.39, 0.29) is 0 Å². The molecular weight excluding hydrogens is 488 g/mol. The molecule has 190 valence electrons. The maximum Gasteiger partial charge on any atom is 0.426 e. The van der Waals surface area contributed by atoms with E-state index in [1.54, 1.807) is 0 Å². The molecule has 1 aliphatic rings. The summed E-state index contributed by atoms with van der Waals surface area (Å²) in [5, 5.41) is 4.79. The molecule has 16 heteroatoms. The maximum atomic E-state index is 13.1. The third kappa shape index (κ3) is 6.20. The minimum atomic E-state index is -5.97. The Morgan fingerprint density at radius 2 is 1.34 bits per heavy atom. The van der Waals surface area contributed by atoms with Gasteiger partial charge in [0, 0.05) is 5.92 Å². The van der Waals surface area contributed by atoms with Crippen LogP contribution < -0.4 is 0 Å². The van der Waals surface area contributed by atoms with Crippen molar-refractivity contribution in [3.05, 3.63) is 0 Å². The minimum absolute atomic E-state index is 0.428. The Balaban J connectivity index is 2.70. The molecule has 0 aliphatic heterocycles. The molecular formula is C16H22F8O7S. The van der Waals surface area contributed by atoms with Gasteiger partial charge in [-0.05, 0) is 39.5 Å². The topological polar surface area (TPSA) is 110 Å². The summed E-state index contributed by atoms with van der Waals surface area (Å²) in [6.07, 6.45) is -15.4. The highest BCUT2D eigenvalue weighted by atomic mass is 32.2. The lowest BCUT2D eigenvalue weighted by molar-refractivity contribution is -0.387. The Bertz CT molecular complexity index is 754. The van der Waals surface area contributed by atoms with Gasteiger partial charge in [0.15, 0.2) is 0 Å². The summed E-state index contributed by atoms with van der Waals surface area (Å²) in [4.78, 5) is 12.2. The first-order valence-electron chi connectivity index (χ1n) is 9.06. The van der Waals surface area contributed by atoms with Gasteiger partial charge < -0.3 is 14.6 Å². The largest absolute Gasteiger partial charge is 0.462 e. The van der Waals surface area contributed by atoms with Gasteiger partial charge >= 0.3 is 33.7 Å². The fourth-order valence-corrected chi connectivity index (χ4v) is 3.32. The summed E-state index contributed by atoms with van der Waals surface area (Å²) < 4.78 is 143. The van der Waals surface area contributed by atoms with Crippen LogP contribution in [0, 0.1) is 11.3 Å². The molecule has 0 aromatic carbocycles. The molecule has 32 heavy (non-hydrogen) atoms. The second-order valence-electron chi connectivity index (χ2n) is 8.13. The van der Waals surface area contributed by atoms with E-state index < -0.39 is 95.6 Å². The fourth-order valence-electron chi connectivity index (χ4n) is 3.09. The summed E-state index contributed by atoms with van der Waals surface area (Å²) >= 11 is 0. The van der Waals surface area contributed by atoms with E-state index >= 15 is 0 Å². The van der Waals surface area contributed by atoms with Gasteiger partial charge in [0.1, 0.15) is 12.7 Å². The molecule has 1 fully saturated rings. The van der Waals surface area contributed by atoms with Crippen LogP contribution in [0.4, 0.5) is 35.1 Å². The number of hydrogen-bond donors (Lipinski definition) is 2. The lowest BCUT2D eigenvalue weighted by Gasteiger charge is -2.42. The zero-order chi connectivity index (χ0) is 25.4. The first-order valence-corrected chi connectivity index (χ1v) is 10.5. The molecule has 2 N–H and O–H groups in total. The predicted molar refractivity (Wildman–Crippen MR) is 90.0 cm³/mol. The molecule has 1 saturated carbocycles. The Morgan fingerprint density at radius 1 is 0.906 bits per heavy atom. The number of halogens is 8. The molecule has 0 atom stereocenters. The number of esters is 1. The van der Waals surface area contributed by atoms with Crippen molar-refractivity contribution in [2.75, 3.05) is 13.2 Å². The number of alkyl halides is 8. The van der Waals surface area contributed by atoms with Crippen molar-refractivity contribution in [2.45, 2.75) is 68.8 Å². The van der Waals surface area contributed by atoms with E-state index in [9.17, 15) is 53.4 Å². The molecule has 1 rings (SSSR count). The minimum Gasteiger partial charge on any atom is -0.462 e. The number of carbonyl (C=O) groups is 1. The first-order chi connectivity index (χ1) is 14.1. The SMILES string of the molecule is CC(C)(COCC(F)(F)S(=O)(=O)O)C(=O)OC1CCC(C(O)(C(F)(F)F)C(F)(F)F)CC1. The second kappa shape index (κ2) is 9.18. The number of rotatable bonds is 8. The highest BCUT2D eigenvalue weighted by Gasteiger charge is 2.73. The molecule has 0 radical (unpaired) electrons. The van der Waals surface area contributed by atoms with Gasteiger partial charge in [-0.15, -0.1) is 0 Å². The highest BCUT2D eigenvalue weighted by Crippen LogP contribution is 2.51. The summed E-state index contributed by atoms with van der Waals surface area (Å²) in [6.45, 7) is -0.271. The first kappa shape index (κ1) is 28.8. The standard InChI is InChI=1S/C16H22F8O7S/c1-12(2,7-30-8-13(17,18)32(27,28)29)11(25)31-10-5-3-9(4-6-10)14(26,15(19,20)21)16(22,23)24/h9-10,26H,3-8H2,1-2H3,(H,27,28,29). The van der Waals surface area contributed by atoms with Crippen LogP contribution in [0.15, 0.2) is 0 Å². The van der Waals surface area contributed by atoms with E-state index in [0.29, 0.717) is 0 Å². The average molecular weight is 510 g/mol. The summed E-state index contributed by atoms with van der Waals surface area (Å²) in [5.41, 5.74) is -6.56. The second-order valence-corrected chi connectivity index (χ2v) is 9.68. The Morgan fingerprint density at radius 3 is 1.72 bits per heavy atom. The van der Waals surface area contributed by atoms with E-state index in [0.717, 1.165) is 13.8 Å². The molecule has 0 saturated heterocycles. The molecule has 1 aliphatic carbocycles. The van der Waals surface area contributed by atoms with Gasteiger partial charge in [-0.25, -0.2) is 0 Å². The average Bonchev–Trinajstić information content (AvgIpc) is 2.58. The van der Waals surface area contributed by atoms with Crippen LogP contribution in [0.2, 0.25) is 0 Å². The smallest absolute Gasteiger partial charge is 0.426 e. The van der Waals surface area contributed by atoms with Gasteiger partial charge in [-0.1, -0.05) is 0 Å².